The van der Waals surface area contributed by atoms with Crippen molar-refractivity contribution in [1.82, 2.24) is 4.98 Å². The standard InChI is InChI=1S/C17H15N3OS/c1-21-15-7-4-13(5-8-15)19-17(22)20-14-6-9-16-12(11-14)3-2-10-18-16/h2-11H,1H3,(H2,19,20,22). The summed E-state index contributed by atoms with van der Waals surface area (Å²) in [5.41, 5.74) is 2.79. The number of ether oxygens (including phenoxy) is 1. The van der Waals surface area contributed by atoms with E-state index < -0.39 is 0 Å². The highest BCUT2D eigenvalue weighted by molar-refractivity contribution is 7.80. The zero-order chi connectivity index (χ0) is 15.4. The Balaban J connectivity index is 1.69. The minimum absolute atomic E-state index is 0.536. The van der Waals surface area contributed by atoms with E-state index in [9.17, 15) is 0 Å². The third kappa shape index (κ3) is 3.32. The number of pyridine rings is 1. The van der Waals surface area contributed by atoms with Gasteiger partial charge in [0.1, 0.15) is 5.75 Å². The lowest BCUT2D eigenvalue weighted by Crippen LogP contribution is -2.18. The molecule has 0 saturated heterocycles. The number of hydrogen-bond donors (Lipinski definition) is 2. The smallest absolute Gasteiger partial charge is 0.175 e. The van der Waals surface area contributed by atoms with Gasteiger partial charge in [-0.05, 0) is 60.7 Å². The summed E-state index contributed by atoms with van der Waals surface area (Å²) in [7, 11) is 1.64. The van der Waals surface area contributed by atoms with Crippen molar-refractivity contribution in [3.05, 3.63) is 60.8 Å². The molecule has 2 N–H and O–H groups in total. The van der Waals surface area contributed by atoms with E-state index in [1.807, 2.05) is 54.6 Å². The quantitative estimate of drug-likeness (QED) is 0.715. The van der Waals surface area contributed by atoms with Crippen molar-refractivity contribution >= 4 is 39.6 Å². The Bertz CT molecular complexity index is 802. The number of nitrogens with zero attached hydrogens (tertiary/aromatic N) is 1. The van der Waals surface area contributed by atoms with Gasteiger partial charge < -0.3 is 15.4 Å². The van der Waals surface area contributed by atoms with Crippen LogP contribution in [-0.2, 0) is 0 Å². The summed E-state index contributed by atoms with van der Waals surface area (Å²) >= 11 is 5.33. The van der Waals surface area contributed by atoms with Gasteiger partial charge >= 0.3 is 0 Å². The molecule has 0 aliphatic rings. The normalized spacial score (nSPS) is 10.2. The second-order valence-electron chi connectivity index (χ2n) is 4.72. The van der Waals surface area contributed by atoms with Crippen LogP contribution in [0.5, 0.6) is 5.75 Å². The fourth-order valence-electron chi connectivity index (χ4n) is 2.12. The first kappa shape index (κ1) is 14.3. The van der Waals surface area contributed by atoms with E-state index in [1.54, 1.807) is 13.3 Å². The van der Waals surface area contributed by atoms with Crippen molar-refractivity contribution < 1.29 is 4.74 Å². The third-order valence-corrected chi connectivity index (χ3v) is 3.41. The highest BCUT2D eigenvalue weighted by Gasteiger charge is 2.01. The number of nitrogens with one attached hydrogen (secondary N) is 2. The number of methoxy groups -OCH3 is 1. The molecule has 2 aromatic carbocycles. The molecule has 4 nitrogen and oxygen atoms in total. The predicted molar refractivity (Wildman–Crippen MR) is 94.6 cm³/mol. The lowest BCUT2D eigenvalue weighted by atomic mass is 10.2. The molecule has 0 bridgehead atoms. The SMILES string of the molecule is COc1ccc(NC(=S)Nc2ccc3ncccc3c2)cc1. The maximum atomic E-state index is 5.33. The third-order valence-electron chi connectivity index (χ3n) is 3.21. The number of benzene rings is 2. The maximum absolute atomic E-state index is 5.33. The van der Waals surface area contributed by atoms with E-state index in [2.05, 4.69) is 15.6 Å². The fraction of sp³-hybridized carbons (Fsp3) is 0.0588. The lowest BCUT2D eigenvalue weighted by molar-refractivity contribution is 0.415. The molecule has 0 unspecified atom stereocenters. The van der Waals surface area contributed by atoms with Crippen LogP contribution in [0.15, 0.2) is 60.8 Å². The van der Waals surface area contributed by atoms with Crippen molar-refractivity contribution in [2.75, 3.05) is 17.7 Å². The number of rotatable bonds is 3. The first-order valence-electron chi connectivity index (χ1n) is 6.81. The van der Waals surface area contributed by atoms with Gasteiger partial charge in [-0.2, -0.15) is 0 Å². The fourth-order valence-corrected chi connectivity index (χ4v) is 2.36. The van der Waals surface area contributed by atoms with Crippen LogP contribution < -0.4 is 15.4 Å². The molecular weight excluding hydrogens is 294 g/mol. The predicted octanol–water partition coefficient (Wildman–Crippen LogP) is 4.05. The summed E-state index contributed by atoms with van der Waals surface area (Å²) in [6, 6.07) is 17.5. The van der Waals surface area contributed by atoms with E-state index in [1.165, 1.54) is 0 Å². The van der Waals surface area contributed by atoms with Gasteiger partial charge in [0.05, 0.1) is 12.6 Å². The second-order valence-corrected chi connectivity index (χ2v) is 5.13. The molecule has 110 valence electrons. The van der Waals surface area contributed by atoms with Gasteiger partial charge in [0.15, 0.2) is 5.11 Å². The number of anilines is 2. The topological polar surface area (TPSA) is 46.2 Å². The van der Waals surface area contributed by atoms with Crippen LogP contribution in [0.4, 0.5) is 11.4 Å². The van der Waals surface area contributed by atoms with Crippen LogP contribution in [0, 0.1) is 0 Å². The summed E-state index contributed by atoms with van der Waals surface area (Å²) < 4.78 is 5.13. The Morgan fingerprint density at radius 3 is 2.50 bits per heavy atom. The van der Waals surface area contributed by atoms with Gasteiger partial charge in [0.25, 0.3) is 0 Å². The van der Waals surface area contributed by atoms with Crippen LogP contribution in [0.3, 0.4) is 0 Å². The van der Waals surface area contributed by atoms with E-state index in [4.69, 9.17) is 17.0 Å². The zero-order valence-corrected chi connectivity index (χ0v) is 12.9. The van der Waals surface area contributed by atoms with Crippen LogP contribution in [0.2, 0.25) is 0 Å². The summed E-state index contributed by atoms with van der Waals surface area (Å²) in [6.07, 6.45) is 1.78. The molecule has 1 aromatic heterocycles. The monoisotopic (exact) mass is 309 g/mol. The van der Waals surface area contributed by atoms with E-state index in [0.717, 1.165) is 28.0 Å². The van der Waals surface area contributed by atoms with Gasteiger partial charge in [-0.25, -0.2) is 0 Å². The molecule has 0 aliphatic carbocycles. The summed E-state index contributed by atoms with van der Waals surface area (Å²) in [6.45, 7) is 0. The molecule has 0 amide bonds. The molecule has 0 atom stereocenters. The van der Waals surface area contributed by atoms with Crippen LogP contribution in [-0.4, -0.2) is 17.2 Å². The van der Waals surface area contributed by atoms with Crippen molar-refractivity contribution in [2.45, 2.75) is 0 Å². The second kappa shape index (κ2) is 6.41. The molecule has 0 saturated carbocycles. The van der Waals surface area contributed by atoms with Gasteiger partial charge in [-0.15, -0.1) is 0 Å². The minimum Gasteiger partial charge on any atom is -0.497 e. The van der Waals surface area contributed by atoms with Gasteiger partial charge in [-0.3, -0.25) is 4.98 Å². The van der Waals surface area contributed by atoms with E-state index in [0.29, 0.717) is 5.11 Å². The minimum atomic E-state index is 0.536. The average molecular weight is 309 g/mol. The molecule has 0 spiro atoms. The molecule has 0 fully saturated rings. The Morgan fingerprint density at radius 2 is 1.73 bits per heavy atom. The molecule has 1 heterocycles. The first-order valence-corrected chi connectivity index (χ1v) is 7.22. The maximum Gasteiger partial charge on any atom is 0.175 e. The number of hydrogen-bond acceptors (Lipinski definition) is 3. The van der Waals surface area contributed by atoms with Crippen molar-refractivity contribution in [1.29, 1.82) is 0 Å². The highest BCUT2D eigenvalue weighted by Crippen LogP contribution is 2.18. The van der Waals surface area contributed by atoms with E-state index >= 15 is 0 Å². The summed E-state index contributed by atoms with van der Waals surface area (Å²) in [4.78, 5) is 4.30. The Kier molecular flexibility index (Phi) is 4.16. The van der Waals surface area contributed by atoms with Crippen LogP contribution in [0.25, 0.3) is 10.9 Å². The van der Waals surface area contributed by atoms with Crippen molar-refractivity contribution in [2.24, 2.45) is 0 Å². The van der Waals surface area contributed by atoms with Crippen molar-refractivity contribution in [3.8, 4) is 5.75 Å². The molecule has 5 heteroatoms. The average Bonchev–Trinajstić information content (AvgIpc) is 2.55. The Hall–Kier alpha value is -2.66. The summed E-state index contributed by atoms with van der Waals surface area (Å²) in [5.74, 6) is 0.812. The van der Waals surface area contributed by atoms with E-state index in [-0.39, 0.29) is 0 Å². The van der Waals surface area contributed by atoms with Crippen LogP contribution >= 0.6 is 12.2 Å². The lowest BCUT2D eigenvalue weighted by Gasteiger charge is -2.11. The van der Waals surface area contributed by atoms with Gasteiger partial charge in [0, 0.05) is 23.0 Å². The number of aromatic nitrogens is 1. The zero-order valence-electron chi connectivity index (χ0n) is 12.0. The Labute approximate surface area is 134 Å². The summed E-state index contributed by atoms with van der Waals surface area (Å²) in [5, 5.41) is 7.92. The number of thiocarbonyl (C=S) groups is 1. The number of fused-ring (bicyclic) bond motifs is 1. The first-order chi connectivity index (χ1) is 10.7. The largest absolute Gasteiger partial charge is 0.497 e. The molecule has 3 aromatic rings. The highest BCUT2D eigenvalue weighted by atomic mass is 32.1. The van der Waals surface area contributed by atoms with Crippen LogP contribution in [0.1, 0.15) is 0 Å². The van der Waals surface area contributed by atoms with Gasteiger partial charge in [0.2, 0.25) is 0 Å². The molecule has 0 aliphatic heterocycles. The Morgan fingerprint density at radius 1 is 1.00 bits per heavy atom. The molecule has 0 radical (unpaired) electrons. The molecular formula is C17H15N3OS. The molecule has 22 heavy (non-hydrogen) atoms. The molecule has 3 rings (SSSR count). The van der Waals surface area contributed by atoms with Crippen molar-refractivity contribution in [3.63, 3.8) is 0 Å². The van der Waals surface area contributed by atoms with Gasteiger partial charge in [-0.1, -0.05) is 6.07 Å².